The zero-order chi connectivity index (χ0) is 14.4. The van der Waals surface area contributed by atoms with Crippen LogP contribution in [0.15, 0.2) is 6.20 Å². The summed E-state index contributed by atoms with van der Waals surface area (Å²) in [5.74, 6) is 0.968. The summed E-state index contributed by atoms with van der Waals surface area (Å²) in [6.45, 7) is 12.1. The SMILES string of the molecule is CC(C)c1ncc(B2OC(C)(C)C(C)(C)O2)c(Cl)n1. The molecule has 0 amide bonds. The Bertz CT molecular complexity index is 476. The third-order valence-electron chi connectivity index (χ3n) is 3.81. The molecule has 1 aromatic rings. The Labute approximate surface area is 120 Å². The van der Waals surface area contributed by atoms with Crippen LogP contribution in [-0.4, -0.2) is 28.3 Å². The van der Waals surface area contributed by atoms with Crippen molar-refractivity contribution >= 4 is 24.2 Å². The third kappa shape index (κ3) is 2.64. The van der Waals surface area contributed by atoms with Crippen molar-refractivity contribution in [2.45, 2.75) is 58.7 Å². The van der Waals surface area contributed by atoms with Gasteiger partial charge in [-0.3, -0.25) is 0 Å². The molecule has 1 aromatic heterocycles. The van der Waals surface area contributed by atoms with Crippen LogP contribution < -0.4 is 5.46 Å². The standard InChI is InChI=1S/C13H20BClN2O2/c1-8(2)11-16-7-9(10(15)17-11)14-18-12(3,4)13(5,6)19-14/h7-8H,1-6H3. The molecule has 1 saturated heterocycles. The monoisotopic (exact) mass is 282 g/mol. The first-order chi connectivity index (χ1) is 8.64. The second-order valence-electron chi connectivity index (χ2n) is 6.22. The van der Waals surface area contributed by atoms with Crippen molar-refractivity contribution in [1.82, 2.24) is 9.97 Å². The predicted octanol–water partition coefficient (Wildman–Crippen LogP) is 2.55. The van der Waals surface area contributed by atoms with Gasteiger partial charge in [0.15, 0.2) is 0 Å². The Morgan fingerprint density at radius 3 is 2.11 bits per heavy atom. The fraction of sp³-hybridized carbons (Fsp3) is 0.692. The summed E-state index contributed by atoms with van der Waals surface area (Å²) in [5, 5.41) is 0.400. The van der Waals surface area contributed by atoms with E-state index in [0.29, 0.717) is 10.6 Å². The van der Waals surface area contributed by atoms with Gasteiger partial charge in [0, 0.05) is 17.6 Å². The van der Waals surface area contributed by atoms with E-state index in [1.165, 1.54) is 0 Å². The fourth-order valence-electron chi connectivity index (χ4n) is 1.79. The van der Waals surface area contributed by atoms with Gasteiger partial charge in [-0.15, -0.1) is 0 Å². The number of rotatable bonds is 2. The summed E-state index contributed by atoms with van der Waals surface area (Å²) in [6, 6.07) is 0. The first-order valence-electron chi connectivity index (χ1n) is 6.52. The van der Waals surface area contributed by atoms with Crippen LogP contribution in [0.2, 0.25) is 5.15 Å². The molecule has 1 aliphatic rings. The van der Waals surface area contributed by atoms with Crippen LogP contribution in [0.5, 0.6) is 0 Å². The summed E-state index contributed by atoms with van der Waals surface area (Å²) in [7, 11) is -0.515. The van der Waals surface area contributed by atoms with Gasteiger partial charge in [-0.05, 0) is 27.7 Å². The zero-order valence-electron chi connectivity index (χ0n) is 12.3. The Hall–Kier alpha value is -0.645. The molecule has 0 bridgehead atoms. The normalized spacial score (nSPS) is 21.2. The molecule has 6 heteroatoms. The summed E-state index contributed by atoms with van der Waals surface area (Å²) >= 11 is 6.23. The van der Waals surface area contributed by atoms with Crippen molar-refractivity contribution < 1.29 is 9.31 Å². The molecule has 19 heavy (non-hydrogen) atoms. The summed E-state index contributed by atoms with van der Waals surface area (Å²) in [4.78, 5) is 8.63. The Balaban J connectivity index is 2.30. The van der Waals surface area contributed by atoms with E-state index in [1.807, 2.05) is 41.5 Å². The van der Waals surface area contributed by atoms with Crippen molar-refractivity contribution in [2.24, 2.45) is 0 Å². The van der Waals surface area contributed by atoms with Crippen LogP contribution in [0.4, 0.5) is 0 Å². The number of aromatic nitrogens is 2. The van der Waals surface area contributed by atoms with Gasteiger partial charge < -0.3 is 9.31 Å². The van der Waals surface area contributed by atoms with Crippen LogP contribution in [0.25, 0.3) is 0 Å². The van der Waals surface area contributed by atoms with Gasteiger partial charge in [-0.2, -0.15) is 0 Å². The molecule has 2 heterocycles. The van der Waals surface area contributed by atoms with Gasteiger partial charge in [0.05, 0.1) is 11.2 Å². The minimum Gasteiger partial charge on any atom is -0.399 e. The second-order valence-corrected chi connectivity index (χ2v) is 6.58. The lowest BCUT2D eigenvalue weighted by molar-refractivity contribution is 0.00578. The quantitative estimate of drug-likeness (QED) is 0.618. The molecule has 0 spiro atoms. The lowest BCUT2D eigenvalue weighted by Gasteiger charge is -2.32. The van der Waals surface area contributed by atoms with E-state index in [1.54, 1.807) is 6.20 Å². The van der Waals surface area contributed by atoms with Crippen molar-refractivity contribution in [3.63, 3.8) is 0 Å². The van der Waals surface area contributed by atoms with Crippen molar-refractivity contribution in [3.8, 4) is 0 Å². The van der Waals surface area contributed by atoms with E-state index in [9.17, 15) is 0 Å². The minimum absolute atomic E-state index is 0.241. The van der Waals surface area contributed by atoms with Gasteiger partial charge in [0.2, 0.25) is 0 Å². The average Bonchev–Trinajstić information content (AvgIpc) is 2.47. The van der Waals surface area contributed by atoms with E-state index in [4.69, 9.17) is 20.9 Å². The Morgan fingerprint density at radius 1 is 1.16 bits per heavy atom. The maximum atomic E-state index is 6.23. The van der Waals surface area contributed by atoms with Crippen LogP contribution in [0, 0.1) is 0 Å². The highest BCUT2D eigenvalue weighted by Crippen LogP contribution is 2.36. The molecular formula is C13H20BClN2O2. The largest absolute Gasteiger partial charge is 0.499 e. The molecular weight excluding hydrogens is 262 g/mol. The fourth-order valence-corrected chi connectivity index (χ4v) is 2.01. The van der Waals surface area contributed by atoms with Gasteiger partial charge in [-0.1, -0.05) is 25.4 Å². The van der Waals surface area contributed by atoms with E-state index in [-0.39, 0.29) is 5.92 Å². The molecule has 1 fully saturated rings. The number of hydrogen-bond acceptors (Lipinski definition) is 4. The molecule has 0 saturated carbocycles. The summed E-state index contributed by atoms with van der Waals surface area (Å²) in [6.07, 6.45) is 1.70. The number of halogens is 1. The highest BCUT2D eigenvalue weighted by Gasteiger charge is 2.52. The van der Waals surface area contributed by atoms with E-state index in [2.05, 4.69) is 9.97 Å². The number of nitrogens with zero attached hydrogens (tertiary/aromatic N) is 2. The molecule has 0 aliphatic carbocycles. The van der Waals surface area contributed by atoms with Crippen molar-refractivity contribution in [3.05, 3.63) is 17.2 Å². The second kappa shape index (κ2) is 4.72. The lowest BCUT2D eigenvalue weighted by atomic mass is 9.81. The Morgan fingerprint density at radius 2 is 1.68 bits per heavy atom. The van der Waals surface area contributed by atoms with Crippen LogP contribution in [0.1, 0.15) is 53.3 Å². The van der Waals surface area contributed by atoms with Crippen molar-refractivity contribution in [2.75, 3.05) is 0 Å². The molecule has 1 aliphatic heterocycles. The Kier molecular flexibility index (Phi) is 3.67. The van der Waals surface area contributed by atoms with Crippen LogP contribution in [-0.2, 0) is 9.31 Å². The number of hydrogen-bond donors (Lipinski definition) is 0. The lowest BCUT2D eigenvalue weighted by Crippen LogP contribution is -2.41. The van der Waals surface area contributed by atoms with Gasteiger partial charge in [0.1, 0.15) is 11.0 Å². The first kappa shape index (κ1) is 14.8. The maximum absolute atomic E-state index is 6.23. The topological polar surface area (TPSA) is 44.2 Å². The molecule has 104 valence electrons. The molecule has 0 unspecified atom stereocenters. The predicted molar refractivity (Wildman–Crippen MR) is 76.8 cm³/mol. The molecule has 0 radical (unpaired) electrons. The average molecular weight is 283 g/mol. The highest BCUT2D eigenvalue weighted by atomic mass is 35.5. The van der Waals surface area contributed by atoms with Crippen molar-refractivity contribution in [1.29, 1.82) is 0 Å². The molecule has 0 aromatic carbocycles. The molecule has 0 atom stereocenters. The molecule has 0 N–H and O–H groups in total. The summed E-state index contributed by atoms with van der Waals surface area (Å²) in [5.41, 5.74) is -0.0974. The van der Waals surface area contributed by atoms with Crippen LogP contribution >= 0.6 is 11.6 Å². The maximum Gasteiger partial charge on any atom is 0.499 e. The van der Waals surface area contributed by atoms with Crippen LogP contribution in [0.3, 0.4) is 0 Å². The van der Waals surface area contributed by atoms with Gasteiger partial charge in [0.25, 0.3) is 0 Å². The van der Waals surface area contributed by atoms with Gasteiger partial charge >= 0.3 is 7.12 Å². The minimum atomic E-state index is -0.515. The third-order valence-corrected chi connectivity index (χ3v) is 4.11. The highest BCUT2D eigenvalue weighted by molar-refractivity contribution is 6.65. The molecule has 4 nitrogen and oxygen atoms in total. The zero-order valence-corrected chi connectivity index (χ0v) is 13.1. The summed E-state index contributed by atoms with van der Waals surface area (Å²) < 4.78 is 11.9. The molecule has 2 rings (SSSR count). The van der Waals surface area contributed by atoms with Gasteiger partial charge in [-0.25, -0.2) is 9.97 Å². The van der Waals surface area contributed by atoms with E-state index >= 15 is 0 Å². The first-order valence-corrected chi connectivity index (χ1v) is 6.90. The smallest absolute Gasteiger partial charge is 0.399 e. The van der Waals surface area contributed by atoms with E-state index < -0.39 is 18.3 Å². The van der Waals surface area contributed by atoms with E-state index in [0.717, 1.165) is 5.82 Å².